The van der Waals surface area contributed by atoms with E-state index < -0.39 is 47.6 Å². The third-order valence-electron chi connectivity index (χ3n) is 7.03. The first kappa shape index (κ1) is 35.4. The second-order valence-corrected chi connectivity index (χ2v) is 11.0. The molecule has 0 saturated heterocycles. The Morgan fingerprint density at radius 2 is 1.83 bits per heavy atom. The number of pyridine rings is 1. The third-order valence-corrected chi connectivity index (χ3v) is 7.03. The summed E-state index contributed by atoms with van der Waals surface area (Å²) in [5, 5.41) is 5.18. The molecule has 1 atom stereocenters. The molecule has 0 aliphatic heterocycles. The number of para-hydroxylation sites is 1. The normalized spacial score (nSPS) is 12.2. The maximum atomic E-state index is 14.1. The fraction of sp³-hybridized carbons (Fsp3) is 0.273. The summed E-state index contributed by atoms with van der Waals surface area (Å²) in [4.78, 5) is 54.7. The first-order valence-electron chi connectivity index (χ1n) is 14.6. The summed E-state index contributed by atoms with van der Waals surface area (Å²) in [6.45, 7) is -0.150. The molecule has 15 heteroatoms. The topological polar surface area (TPSA) is 126 Å². The van der Waals surface area contributed by atoms with Crippen LogP contribution in [0.1, 0.15) is 30.5 Å². The van der Waals surface area contributed by atoms with Crippen LogP contribution in [0.25, 0.3) is 10.9 Å². The quantitative estimate of drug-likeness (QED) is 0.136. The number of carbonyl (C=O) groups is 3. The molecule has 2 aromatic heterocycles. The first-order chi connectivity index (χ1) is 22.7. The van der Waals surface area contributed by atoms with Gasteiger partial charge in [-0.1, -0.05) is 18.2 Å². The Hall–Kier alpha value is -5.47. The lowest BCUT2D eigenvalue weighted by Gasteiger charge is -2.19. The van der Waals surface area contributed by atoms with Crippen molar-refractivity contribution in [3.63, 3.8) is 0 Å². The van der Waals surface area contributed by atoms with Crippen molar-refractivity contribution in [3.05, 3.63) is 106 Å². The summed E-state index contributed by atoms with van der Waals surface area (Å²) in [7, 11) is 3.05. The lowest BCUT2D eigenvalue weighted by molar-refractivity contribution is -0.155. The standard InChI is InChI=1S/C33H32F5N5O5/c1-42(2)29(45)11-4-3-8-25(40-28(44)17-33(36,37)38)31(46)41-26-9-6-14-43(32(26)47)18-23-15-20-7-5-10-27(30(20)39-23)48-19-21-12-13-22(34)16-24(21)35/h4-7,9-16,25,39H,3,8,17-19H2,1-2H3,(H,40,44)(H,41,46)/b11-4+/t25-/m0/s1. The minimum Gasteiger partial charge on any atom is -0.487 e. The van der Waals surface area contributed by atoms with Gasteiger partial charge in [0.05, 0.1) is 12.1 Å². The van der Waals surface area contributed by atoms with Crippen LogP contribution < -0.4 is 20.9 Å². The Kier molecular flexibility index (Phi) is 11.4. The lowest BCUT2D eigenvalue weighted by atomic mass is 10.1. The van der Waals surface area contributed by atoms with Crippen molar-refractivity contribution in [2.24, 2.45) is 0 Å². The smallest absolute Gasteiger partial charge is 0.397 e. The molecule has 0 radical (unpaired) electrons. The Morgan fingerprint density at radius 3 is 2.54 bits per heavy atom. The number of anilines is 1. The number of amides is 3. The van der Waals surface area contributed by atoms with Crippen LogP contribution in [0, 0.1) is 11.6 Å². The van der Waals surface area contributed by atoms with Gasteiger partial charge < -0.3 is 29.8 Å². The van der Waals surface area contributed by atoms with E-state index in [1.165, 1.54) is 60.1 Å². The Labute approximate surface area is 271 Å². The monoisotopic (exact) mass is 673 g/mol. The largest absolute Gasteiger partial charge is 0.487 e. The number of ether oxygens (including phenoxy) is 1. The van der Waals surface area contributed by atoms with E-state index in [1.807, 2.05) is 0 Å². The van der Waals surface area contributed by atoms with E-state index in [2.05, 4.69) is 15.6 Å². The number of alkyl halides is 3. The summed E-state index contributed by atoms with van der Waals surface area (Å²) in [6, 6.07) is 11.5. The second-order valence-electron chi connectivity index (χ2n) is 11.0. The van der Waals surface area contributed by atoms with Crippen molar-refractivity contribution >= 4 is 34.3 Å². The number of fused-ring (bicyclic) bond motifs is 1. The van der Waals surface area contributed by atoms with Crippen LogP contribution in [0.3, 0.4) is 0 Å². The van der Waals surface area contributed by atoms with E-state index in [9.17, 15) is 41.1 Å². The third kappa shape index (κ3) is 9.77. The van der Waals surface area contributed by atoms with E-state index in [0.717, 1.165) is 17.5 Å². The molecule has 0 saturated carbocycles. The molecule has 3 amide bonds. The number of carbonyl (C=O) groups excluding carboxylic acids is 3. The molecule has 3 N–H and O–H groups in total. The van der Waals surface area contributed by atoms with E-state index in [1.54, 1.807) is 24.3 Å². The number of halogens is 5. The zero-order valence-corrected chi connectivity index (χ0v) is 25.9. The maximum Gasteiger partial charge on any atom is 0.397 e. The van der Waals surface area contributed by atoms with Gasteiger partial charge in [-0.3, -0.25) is 19.2 Å². The van der Waals surface area contributed by atoms with Gasteiger partial charge in [0, 0.05) is 43.0 Å². The van der Waals surface area contributed by atoms with Crippen LogP contribution in [-0.4, -0.2) is 58.5 Å². The van der Waals surface area contributed by atoms with Crippen LogP contribution in [0.2, 0.25) is 0 Å². The van der Waals surface area contributed by atoms with Crippen LogP contribution in [-0.2, 0) is 27.5 Å². The van der Waals surface area contributed by atoms with E-state index in [4.69, 9.17) is 4.74 Å². The zero-order chi connectivity index (χ0) is 35.0. The molecule has 0 unspecified atom stereocenters. The van der Waals surface area contributed by atoms with Crippen LogP contribution in [0.15, 0.2) is 77.7 Å². The van der Waals surface area contributed by atoms with Gasteiger partial charge in [0.15, 0.2) is 0 Å². The van der Waals surface area contributed by atoms with E-state index in [0.29, 0.717) is 17.0 Å². The molecule has 10 nitrogen and oxygen atoms in total. The molecular weight excluding hydrogens is 641 g/mol. The van der Waals surface area contributed by atoms with Gasteiger partial charge in [0.25, 0.3) is 5.56 Å². The number of hydrogen-bond donors (Lipinski definition) is 3. The number of nitrogens with zero attached hydrogens (tertiary/aromatic N) is 2. The van der Waals surface area contributed by atoms with Crippen molar-refractivity contribution in [2.75, 3.05) is 19.4 Å². The molecule has 0 spiro atoms. The number of aromatic nitrogens is 2. The minimum absolute atomic E-state index is 0.0136. The number of allylic oxidation sites excluding steroid dienone is 1. The Balaban J connectivity index is 1.48. The average molecular weight is 674 g/mol. The van der Waals surface area contributed by atoms with Crippen molar-refractivity contribution in [1.29, 1.82) is 0 Å². The van der Waals surface area contributed by atoms with Gasteiger partial charge in [-0.2, -0.15) is 13.2 Å². The number of nitrogens with one attached hydrogen (secondary N) is 3. The number of hydrogen-bond acceptors (Lipinski definition) is 5. The zero-order valence-electron chi connectivity index (χ0n) is 25.9. The predicted octanol–water partition coefficient (Wildman–Crippen LogP) is 5.04. The fourth-order valence-electron chi connectivity index (χ4n) is 4.64. The summed E-state index contributed by atoms with van der Waals surface area (Å²) in [5.74, 6) is -3.76. The van der Waals surface area contributed by atoms with Crippen molar-refractivity contribution in [2.45, 2.75) is 44.6 Å². The lowest BCUT2D eigenvalue weighted by Crippen LogP contribution is -2.45. The van der Waals surface area contributed by atoms with Crippen molar-refractivity contribution in [1.82, 2.24) is 19.8 Å². The van der Waals surface area contributed by atoms with E-state index in [-0.39, 0.29) is 43.2 Å². The van der Waals surface area contributed by atoms with Crippen molar-refractivity contribution < 1.29 is 41.1 Å². The number of H-pyrrole nitrogens is 1. The van der Waals surface area contributed by atoms with E-state index >= 15 is 0 Å². The predicted molar refractivity (Wildman–Crippen MR) is 167 cm³/mol. The SMILES string of the molecule is CN(C)C(=O)/C=C/CC[C@H](NC(=O)CC(F)(F)F)C(=O)Nc1cccn(Cc2cc3cccc(OCc4ccc(F)cc4F)c3[nH]2)c1=O. The number of rotatable bonds is 13. The summed E-state index contributed by atoms with van der Waals surface area (Å²) < 4.78 is 72.8. The van der Waals surface area contributed by atoms with Gasteiger partial charge in [0.2, 0.25) is 17.7 Å². The highest BCUT2D eigenvalue weighted by Gasteiger charge is 2.33. The minimum atomic E-state index is -4.80. The van der Waals surface area contributed by atoms with Gasteiger partial charge in [-0.15, -0.1) is 0 Å². The highest BCUT2D eigenvalue weighted by Crippen LogP contribution is 2.27. The molecule has 4 rings (SSSR count). The molecule has 2 heterocycles. The number of aromatic amines is 1. The number of likely N-dealkylation sites (N-methyl/N-ethyl adjacent to an activating group) is 1. The molecule has 254 valence electrons. The first-order valence-corrected chi connectivity index (χ1v) is 14.6. The molecule has 48 heavy (non-hydrogen) atoms. The van der Waals surface area contributed by atoms with Gasteiger partial charge in [-0.05, 0) is 55.3 Å². The Morgan fingerprint density at radius 1 is 1.06 bits per heavy atom. The van der Waals surface area contributed by atoms with Gasteiger partial charge >= 0.3 is 6.18 Å². The summed E-state index contributed by atoms with van der Waals surface area (Å²) in [5.41, 5.74) is 0.466. The molecule has 0 fully saturated rings. The van der Waals surface area contributed by atoms with Crippen LogP contribution in [0.5, 0.6) is 5.75 Å². The molecule has 0 aliphatic rings. The molecule has 0 aliphatic carbocycles. The molecule has 0 bridgehead atoms. The summed E-state index contributed by atoms with van der Waals surface area (Å²) in [6.07, 6.45) is -2.57. The van der Waals surface area contributed by atoms with Gasteiger partial charge in [-0.25, -0.2) is 8.78 Å². The van der Waals surface area contributed by atoms with Gasteiger partial charge in [0.1, 0.15) is 42.1 Å². The molecule has 2 aromatic carbocycles. The molecular formula is C33H32F5N5O5. The Bertz CT molecular complexity index is 1880. The van der Waals surface area contributed by atoms with Crippen LogP contribution >= 0.6 is 0 Å². The maximum absolute atomic E-state index is 14.1. The highest BCUT2D eigenvalue weighted by molar-refractivity contribution is 5.97. The molecule has 4 aromatic rings. The fourth-order valence-corrected chi connectivity index (χ4v) is 4.64. The number of benzene rings is 2. The average Bonchev–Trinajstić information content (AvgIpc) is 3.42. The highest BCUT2D eigenvalue weighted by atomic mass is 19.4. The summed E-state index contributed by atoms with van der Waals surface area (Å²) >= 11 is 0. The second kappa shape index (κ2) is 15.4. The van der Waals surface area contributed by atoms with Crippen LogP contribution in [0.4, 0.5) is 27.6 Å². The van der Waals surface area contributed by atoms with Crippen molar-refractivity contribution in [3.8, 4) is 5.75 Å².